The predicted molar refractivity (Wildman–Crippen MR) is 91.3 cm³/mol. The summed E-state index contributed by atoms with van der Waals surface area (Å²) in [5.41, 5.74) is 5.31. The molecule has 1 aliphatic rings. The van der Waals surface area contributed by atoms with Crippen LogP contribution >= 0.6 is 11.3 Å². The van der Waals surface area contributed by atoms with Gasteiger partial charge in [-0.3, -0.25) is 4.79 Å². The minimum absolute atomic E-state index is 0.0543. The summed E-state index contributed by atoms with van der Waals surface area (Å²) < 4.78 is 39.0. The van der Waals surface area contributed by atoms with Crippen LogP contribution in [-0.4, -0.2) is 34.9 Å². The molecular formula is C17H20F3N3OS. The molecule has 136 valence electrons. The molecule has 1 amide bonds. The van der Waals surface area contributed by atoms with Gasteiger partial charge in [0.05, 0.1) is 20.8 Å². The number of alkyl halides is 3. The number of nitrogens with two attached hydrogens (primary N) is 1. The number of fused-ring (bicyclic) bond motifs is 1. The quantitative estimate of drug-likeness (QED) is 0.896. The largest absolute Gasteiger partial charge is 0.416 e. The molecule has 2 atom stereocenters. The lowest BCUT2D eigenvalue weighted by Gasteiger charge is -2.21. The monoisotopic (exact) mass is 371 g/mol. The fourth-order valence-corrected chi connectivity index (χ4v) is 4.22. The average molecular weight is 371 g/mol. The maximum atomic E-state index is 12.8. The number of benzene rings is 1. The van der Waals surface area contributed by atoms with Gasteiger partial charge >= 0.3 is 6.18 Å². The van der Waals surface area contributed by atoms with Crippen LogP contribution in [0, 0.1) is 5.92 Å². The van der Waals surface area contributed by atoms with Crippen LogP contribution in [0.25, 0.3) is 10.2 Å². The van der Waals surface area contributed by atoms with E-state index in [1.807, 2.05) is 11.8 Å². The molecule has 1 fully saturated rings. The number of likely N-dealkylation sites (tertiary alicyclic amines) is 1. The van der Waals surface area contributed by atoms with E-state index in [4.69, 9.17) is 5.73 Å². The second-order valence-corrected chi connectivity index (χ2v) is 7.64. The number of amides is 1. The van der Waals surface area contributed by atoms with Crippen molar-refractivity contribution in [2.75, 3.05) is 13.1 Å². The molecule has 0 saturated carbocycles. The van der Waals surface area contributed by atoms with Gasteiger partial charge < -0.3 is 10.6 Å². The highest BCUT2D eigenvalue weighted by atomic mass is 32.1. The number of carbonyl (C=O) groups is 1. The number of nitrogens with zero attached hydrogens (tertiary/aromatic N) is 2. The standard InChI is InChI=1S/C17H20F3N3OS/c1-10-6-11(8-21)9-23(10)16(24)5-4-15-22-13-7-12(17(18,19)20)2-3-14(13)25-15/h2-3,7,10-11H,4-6,8-9,21H2,1H3. The number of rotatable bonds is 4. The molecule has 1 aromatic heterocycles. The van der Waals surface area contributed by atoms with Crippen LogP contribution in [0.2, 0.25) is 0 Å². The predicted octanol–water partition coefficient (Wildman–Crippen LogP) is 3.44. The first-order valence-electron chi connectivity index (χ1n) is 8.24. The van der Waals surface area contributed by atoms with Crippen molar-refractivity contribution in [1.82, 2.24) is 9.88 Å². The summed E-state index contributed by atoms with van der Waals surface area (Å²) in [6.07, 6.45) is -2.70. The van der Waals surface area contributed by atoms with Crippen molar-refractivity contribution in [1.29, 1.82) is 0 Å². The maximum Gasteiger partial charge on any atom is 0.416 e. The molecular weight excluding hydrogens is 351 g/mol. The van der Waals surface area contributed by atoms with E-state index < -0.39 is 11.7 Å². The molecule has 0 spiro atoms. The van der Waals surface area contributed by atoms with E-state index in [2.05, 4.69) is 4.98 Å². The zero-order chi connectivity index (χ0) is 18.2. The number of thiazole rings is 1. The van der Waals surface area contributed by atoms with Gasteiger partial charge in [-0.15, -0.1) is 11.3 Å². The Bertz CT molecular complexity index is 774. The molecule has 1 aromatic carbocycles. The van der Waals surface area contributed by atoms with Gasteiger partial charge in [0.25, 0.3) is 0 Å². The van der Waals surface area contributed by atoms with Crippen molar-refractivity contribution in [3.05, 3.63) is 28.8 Å². The number of halogens is 3. The van der Waals surface area contributed by atoms with Crippen LogP contribution in [-0.2, 0) is 17.4 Å². The fourth-order valence-electron chi connectivity index (χ4n) is 3.28. The summed E-state index contributed by atoms with van der Waals surface area (Å²) in [6.45, 7) is 3.28. The van der Waals surface area contributed by atoms with Crippen molar-refractivity contribution < 1.29 is 18.0 Å². The van der Waals surface area contributed by atoms with Crippen molar-refractivity contribution in [3.63, 3.8) is 0 Å². The average Bonchev–Trinajstić information content (AvgIpc) is 3.13. The molecule has 8 heteroatoms. The minimum Gasteiger partial charge on any atom is -0.340 e. The molecule has 2 unspecified atom stereocenters. The summed E-state index contributed by atoms with van der Waals surface area (Å²) in [6, 6.07) is 3.75. The Morgan fingerprint density at radius 3 is 2.84 bits per heavy atom. The number of hydrogen-bond acceptors (Lipinski definition) is 4. The zero-order valence-electron chi connectivity index (χ0n) is 13.8. The van der Waals surface area contributed by atoms with Gasteiger partial charge in [0.1, 0.15) is 0 Å². The molecule has 2 heterocycles. The summed E-state index contributed by atoms with van der Waals surface area (Å²) in [7, 11) is 0. The third kappa shape index (κ3) is 3.95. The molecule has 0 aliphatic carbocycles. The molecule has 0 radical (unpaired) electrons. The Balaban J connectivity index is 1.66. The number of carbonyl (C=O) groups excluding carboxylic acids is 1. The first kappa shape index (κ1) is 18.1. The first-order chi connectivity index (χ1) is 11.8. The lowest BCUT2D eigenvalue weighted by atomic mass is 10.1. The summed E-state index contributed by atoms with van der Waals surface area (Å²) in [4.78, 5) is 18.5. The Hall–Kier alpha value is -1.67. The molecule has 2 N–H and O–H groups in total. The van der Waals surface area contributed by atoms with E-state index in [1.165, 1.54) is 17.4 Å². The summed E-state index contributed by atoms with van der Waals surface area (Å²) in [5.74, 6) is 0.404. The normalized spacial score (nSPS) is 21.2. The molecule has 4 nitrogen and oxygen atoms in total. The summed E-state index contributed by atoms with van der Waals surface area (Å²) >= 11 is 1.34. The molecule has 0 bridgehead atoms. The smallest absolute Gasteiger partial charge is 0.340 e. The SMILES string of the molecule is CC1CC(CN)CN1C(=O)CCc1nc2cc(C(F)(F)F)ccc2s1. The number of aryl methyl sites for hydroxylation is 1. The molecule has 2 aromatic rings. The van der Waals surface area contributed by atoms with Crippen LogP contribution in [0.4, 0.5) is 13.2 Å². The highest BCUT2D eigenvalue weighted by Crippen LogP contribution is 2.33. The molecule has 25 heavy (non-hydrogen) atoms. The Morgan fingerprint density at radius 1 is 1.44 bits per heavy atom. The van der Waals surface area contributed by atoms with Gasteiger partial charge in [-0.2, -0.15) is 13.2 Å². The maximum absolute atomic E-state index is 12.8. The van der Waals surface area contributed by atoms with Crippen LogP contribution in [0.3, 0.4) is 0 Å². The lowest BCUT2D eigenvalue weighted by molar-refractivity contribution is -0.137. The number of aromatic nitrogens is 1. The van der Waals surface area contributed by atoms with E-state index in [1.54, 1.807) is 0 Å². The van der Waals surface area contributed by atoms with Gasteiger partial charge in [0, 0.05) is 25.4 Å². The van der Waals surface area contributed by atoms with Crippen molar-refractivity contribution >= 4 is 27.5 Å². The van der Waals surface area contributed by atoms with E-state index in [9.17, 15) is 18.0 Å². The van der Waals surface area contributed by atoms with Crippen molar-refractivity contribution in [2.45, 2.75) is 38.4 Å². The second kappa shape index (κ2) is 6.92. The molecule has 1 saturated heterocycles. The van der Waals surface area contributed by atoms with E-state index in [0.717, 1.165) is 18.6 Å². The van der Waals surface area contributed by atoms with Crippen LogP contribution in [0.5, 0.6) is 0 Å². The number of hydrogen-bond donors (Lipinski definition) is 1. The van der Waals surface area contributed by atoms with Crippen molar-refractivity contribution in [3.8, 4) is 0 Å². The third-order valence-corrected chi connectivity index (χ3v) is 5.72. The van der Waals surface area contributed by atoms with E-state index >= 15 is 0 Å². The van der Waals surface area contributed by atoms with E-state index in [-0.39, 0.29) is 11.9 Å². The zero-order valence-corrected chi connectivity index (χ0v) is 14.7. The van der Waals surface area contributed by atoms with Crippen molar-refractivity contribution in [2.24, 2.45) is 11.7 Å². The molecule has 1 aliphatic heterocycles. The van der Waals surface area contributed by atoms with Gasteiger partial charge in [0.15, 0.2) is 0 Å². The van der Waals surface area contributed by atoms with Gasteiger partial charge in [-0.1, -0.05) is 0 Å². The van der Waals surface area contributed by atoms with E-state index in [0.29, 0.717) is 47.1 Å². The third-order valence-electron chi connectivity index (χ3n) is 4.63. The van der Waals surface area contributed by atoms with Crippen LogP contribution in [0.1, 0.15) is 30.3 Å². The highest BCUT2D eigenvalue weighted by Gasteiger charge is 2.32. The van der Waals surface area contributed by atoms with Gasteiger partial charge in [-0.25, -0.2) is 4.98 Å². The minimum atomic E-state index is -4.38. The first-order valence-corrected chi connectivity index (χ1v) is 9.05. The fraction of sp³-hybridized carbons (Fsp3) is 0.529. The topological polar surface area (TPSA) is 59.2 Å². The van der Waals surface area contributed by atoms with Gasteiger partial charge in [0.2, 0.25) is 5.91 Å². The Morgan fingerprint density at radius 2 is 2.20 bits per heavy atom. The van der Waals surface area contributed by atoms with Crippen LogP contribution < -0.4 is 5.73 Å². The van der Waals surface area contributed by atoms with Crippen LogP contribution in [0.15, 0.2) is 18.2 Å². The Labute approximate surface area is 147 Å². The van der Waals surface area contributed by atoms with Gasteiger partial charge in [-0.05, 0) is 44.0 Å². The lowest BCUT2D eigenvalue weighted by Crippen LogP contribution is -2.34. The molecule has 3 rings (SSSR count). The Kier molecular flexibility index (Phi) is 5.02. The summed E-state index contributed by atoms with van der Waals surface area (Å²) in [5, 5.41) is 0.685. The highest BCUT2D eigenvalue weighted by molar-refractivity contribution is 7.18. The second-order valence-electron chi connectivity index (χ2n) is 6.52.